The summed E-state index contributed by atoms with van der Waals surface area (Å²) in [5.41, 5.74) is 2.00. The number of hydrogen-bond donors (Lipinski definition) is 2. The van der Waals surface area contributed by atoms with Gasteiger partial charge in [-0.25, -0.2) is 9.59 Å². The van der Waals surface area contributed by atoms with Gasteiger partial charge in [0.05, 0.1) is 12.1 Å². The van der Waals surface area contributed by atoms with Gasteiger partial charge in [-0.3, -0.25) is 14.4 Å². The summed E-state index contributed by atoms with van der Waals surface area (Å²) in [6.45, 7) is 18.8. The number of nitrogens with one attached hydrogen (secondary N) is 2. The Morgan fingerprint density at radius 3 is 2.08 bits per heavy atom. The van der Waals surface area contributed by atoms with E-state index in [9.17, 15) is 37.1 Å². The molecule has 1 fully saturated rings. The van der Waals surface area contributed by atoms with E-state index >= 15 is 0 Å². The van der Waals surface area contributed by atoms with Crippen molar-refractivity contribution < 1.29 is 41.9 Å². The van der Waals surface area contributed by atoms with Crippen LogP contribution in [-0.2, 0) is 34.1 Å². The number of alkyl halides is 3. The Kier molecular flexibility index (Phi) is 13.4. The summed E-state index contributed by atoms with van der Waals surface area (Å²) in [6, 6.07) is 2.45. The minimum absolute atomic E-state index is 0.0376. The largest absolute Gasteiger partial charge is 0.491 e. The van der Waals surface area contributed by atoms with Gasteiger partial charge < -0.3 is 25.2 Å². The van der Waals surface area contributed by atoms with E-state index in [1.165, 1.54) is 11.8 Å². The van der Waals surface area contributed by atoms with Crippen molar-refractivity contribution in [2.45, 2.75) is 118 Å². The van der Waals surface area contributed by atoms with Crippen molar-refractivity contribution >= 4 is 29.7 Å². The van der Waals surface area contributed by atoms with Crippen LogP contribution in [0.25, 0.3) is 0 Å². The number of amides is 3. The van der Waals surface area contributed by atoms with Gasteiger partial charge >= 0.3 is 18.1 Å². The number of likely N-dealkylation sites (N-methyl/N-ethyl adjacent to an activating group) is 2. The maximum Gasteiger partial charge on any atom is 0.491 e. The lowest BCUT2D eigenvalue weighted by molar-refractivity contribution is -0.203. The van der Waals surface area contributed by atoms with Gasteiger partial charge in [0.2, 0.25) is 17.7 Å². The van der Waals surface area contributed by atoms with Crippen molar-refractivity contribution in [3.8, 4) is 0 Å². The molecular formula is C36H53F3N4O6. The number of aryl methyl sites for hydroxylation is 2. The minimum atomic E-state index is -5.35. The highest BCUT2D eigenvalue weighted by Gasteiger charge is 2.46. The molecule has 1 saturated heterocycles. The number of halogens is 3. The zero-order valence-electron chi connectivity index (χ0n) is 30.8. The molecule has 274 valence electrons. The molecule has 1 aromatic rings. The lowest BCUT2D eigenvalue weighted by Gasteiger charge is -2.40. The Bertz CT molecular complexity index is 1450. The normalized spacial score (nSPS) is 17.8. The van der Waals surface area contributed by atoms with E-state index in [1.54, 1.807) is 20.2 Å². The first-order valence-electron chi connectivity index (χ1n) is 16.5. The third-order valence-electron chi connectivity index (χ3n) is 9.37. The van der Waals surface area contributed by atoms with Crippen molar-refractivity contribution in [2.24, 2.45) is 11.3 Å². The van der Waals surface area contributed by atoms with Gasteiger partial charge in [-0.2, -0.15) is 13.2 Å². The molecular weight excluding hydrogens is 641 g/mol. The first-order valence-corrected chi connectivity index (χ1v) is 16.5. The average Bonchev–Trinajstić information content (AvgIpc) is 3.48. The van der Waals surface area contributed by atoms with E-state index < -0.39 is 59.0 Å². The maximum absolute atomic E-state index is 14.2. The van der Waals surface area contributed by atoms with E-state index in [2.05, 4.69) is 21.4 Å². The highest BCUT2D eigenvalue weighted by atomic mass is 19.4. The van der Waals surface area contributed by atoms with Crippen LogP contribution in [0, 0.1) is 25.2 Å². The van der Waals surface area contributed by atoms with Gasteiger partial charge in [0.15, 0.2) is 0 Å². The summed E-state index contributed by atoms with van der Waals surface area (Å²) in [4.78, 5) is 67.8. The molecule has 0 radical (unpaired) electrons. The first kappa shape index (κ1) is 41.4. The average molecular weight is 695 g/mol. The van der Waals surface area contributed by atoms with Gasteiger partial charge in [-0.15, -0.1) is 0 Å². The molecule has 0 unspecified atom stereocenters. The molecule has 1 heterocycles. The van der Waals surface area contributed by atoms with Gasteiger partial charge in [-0.05, 0) is 68.7 Å². The zero-order chi connectivity index (χ0) is 37.8. The molecule has 0 saturated carbocycles. The monoisotopic (exact) mass is 694 g/mol. The molecule has 49 heavy (non-hydrogen) atoms. The maximum atomic E-state index is 14.2. The van der Waals surface area contributed by atoms with Crippen LogP contribution in [0.5, 0.6) is 0 Å². The van der Waals surface area contributed by atoms with Crippen molar-refractivity contribution in [1.29, 1.82) is 0 Å². The summed E-state index contributed by atoms with van der Waals surface area (Å²) < 4.78 is 42.0. The Balaban J connectivity index is 2.34. The van der Waals surface area contributed by atoms with Gasteiger partial charge in [-0.1, -0.05) is 72.7 Å². The van der Waals surface area contributed by atoms with Crippen molar-refractivity contribution in [3.05, 3.63) is 46.5 Å². The molecule has 10 nitrogen and oxygen atoms in total. The molecule has 0 aromatic heterocycles. The SMILES string of the molecule is CN[C@H](C(=O)N[C@H](C(=O)N(C)[C@H](/C=C(\C)C(=O)N1CCC[C@H]1C(=O)OC(=O)C(F)(F)F)C(C)C)C(C)(C)C)C(C)(C)c1ccc(C)c(C)c1. The fourth-order valence-corrected chi connectivity index (χ4v) is 6.13. The van der Waals surface area contributed by atoms with Gasteiger partial charge in [0.25, 0.3) is 0 Å². The summed E-state index contributed by atoms with van der Waals surface area (Å²) in [7, 11) is 3.28. The molecule has 2 rings (SSSR count). The van der Waals surface area contributed by atoms with Crippen LogP contribution >= 0.6 is 0 Å². The van der Waals surface area contributed by atoms with E-state index in [-0.39, 0.29) is 36.3 Å². The summed E-state index contributed by atoms with van der Waals surface area (Å²) in [6.07, 6.45) is -3.41. The molecule has 3 amide bonds. The van der Waals surface area contributed by atoms with Crippen LogP contribution < -0.4 is 10.6 Å². The van der Waals surface area contributed by atoms with Gasteiger partial charge in [0.1, 0.15) is 12.1 Å². The quantitative estimate of drug-likeness (QED) is 0.195. The number of rotatable bonds is 11. The third-order valence-corrected chi connectivity index (χ3v) is 9.37. The number of nitrogens with zero attached hydrogens (tertiary/aromatic N) is 2. The Labute approximate surface area is 288 Å². The van der Waals surface area contributed by atoms with Crippen LogP contribution in [0.15, 0.2) is 29.8 Å². The molecule has 4 atom stereocenters. The third kappa shape index (κ3) is 9.92. The Morgan fingerprint density at radius 1 is 1.00 bits per heavy atom. The van der Waals surface area contributed by atoms with E-state index in [4.69, 9.17) is 0 Å². The topological polar surface area (TPSA) is 125 Å². The number of hydrogen-bond acceptors (Lipinski definition) is 7. The summed E-state index contributed by atoms with van der Waals surface area (Å²) >= 11 is 0. The number of esters is 2. The zero-order valence-corrected chi connectivity index (χ0v) is 30.8. The number of benzene rings is 1. The van der Waals surface area contributed by atoms with Crippen molar-refractivity contribution in [1.82, 2.24) is 20.4 Å². The Morgan fingerprint density at radius 2 is 1.59 bits per heavy atom. The predicted molar refractivity (Wildman–Crippen MR) is 180 cm³/mol. The first-order chi connectivity index (χ1) is 22.4. The number of likely N-dealkylation sites (tertiary alicyclic amines) is 1. The lowest BCUT2D eigenvalue weighted by Crippen LogP contribution is -2.61. The molecule has 0 spiro atoms. The summed E-state index contributed by atoms with van der Waals surface area (Å²) in [5.74, 6) is -5.66. The lowest BCUT2D eigenvalue weighted by atomic mass is 9.76. The van der Waals surface area contributed by atoms with Crippen LogP contribution in [0.3, 0.4) is 0 Å². The van der Waals surface area contributed by atoms with Crippen molar-refractivity contribution in [2.75, 3.05) is 20.6 Å². The highest BCUT2D eigenvalue weighted by Crippen LogP contribution is 2.31. The van der Waals surface area contributed by atoms with Gasteiger partial charge in [0, 0.05) is 24.6 Å². The smallest absolute Gasteiger partial charge is 0.385 e. The molecule has 1 aliphatic rings. The van der Waals surface area contributed by atoms with E-state index in [1.807, 2.05) is 74.4 Å². The fraction of sp³-hybridized carbons (Fsp3) is 0.639. The summed E-state index contributed by atoms with van der Waals surface area (Å²) in [5, 5.41) is 6.14. The van der Waals surface area contributed by atoms with E-state index in [0.29, 0.717) is 6.42 Å². The molecule has 2 N–H and O–H groups in total. The Hall–Kier alpha value is -3.74. The molecule has 0 aliphatic carbocycles. The second-order valence-electron chi connectivity index (χ2n) is 14.9. The molecule has 13 heteroatoms. The molecule has 0 bridgehead atoms. The highest BCUT2D eigenvalue weighted by molar-refractivity contribution is 5.98. The van der Waals surface area contributed by atoms with E-state index in [0.717, 1.165) is 21.6 Å². The standard InChI is InChI=1S/C36H53F3N4O6/c1-20(2)26(19-23(5)30(45)43-17-13-14-25(43)32(47)49-33(48)36(37,38)39)42(12)31(46)28(34(6,7)8)41-29(44)27(40-11)35(9,10)24-16-15-21(3)22(4)18-24/h15-16,18-20,25-28,40H,13-14,17H2,1-12H3,(H,41,44)/b23-19+/t25-,26+,27+,28+/m0/s1. The fourth-order valence-electron chi connectivity index (χ4n) is 6.13. The second-order valence-corrected chi connectivity index (χ2v) is 14.9. The molecule has 1 aliphatic heterocycles. The van der Waals surface area contributed by atoms with Crippen LogP contribution in [0.4, 0.5) is 13.2 Å². The van der Waals surface area contributed by atoms with Crippen LogP contribution in [-0.4, -0.2) is 90.4 Å². The second kappa shape index (κ2) is 15.9. The van der Waals surface area contributed by atoms with Crippen LogP contribution in [0.2, 0.25) is 0 Å². The molecule has 1 aromatic carbocycles. The minimum Gasteiger partial charge on any atom is -0.385 e. The number of carbonyl (C=O) groups is 5. The van der Waals surface area contributed by atoms with Crippen molar-refractivity contribution in [3.63, 3.8) is 0 Å². The number of carbonyl (C=O) groups excluding carboxylic acids is 5. The number of ether oxygens (including phenoxy) is 1. The predicted octanol–water partition coefficient (Wildman–Crippen LogP) is 4.75. The van der Waals surface area contributed by atoms with Crippen LogP contribution in [0.1, 0.15) is 84.9 Å².